The molecule has 2 unspecified atom stereocenters. The third kappa shape index (κ3) is 6.10. The van der Waals surface area contributed by atoms with Gasteiger partial charge in [0.05, 0.1) is 6.10 Å². The zero-order valence-electron chi connectivity index (χ0n) is 9.28. The lowest BCUT2D eigenvalue weighted by atomic mass is 10.4. The number of carbonyl (C=O) groups excluding carboxylic acids is 1. The Bertz CT molecular complexity index is 176. The number of urea groups is 1. The number of carbonyl (C=O) groups is 1. The Kier molecular flexibility index (Phi) is 6.74. The fraction of sp³-hybridized carbons (Fsp3) is 0.889. The van der Waals surface area contributed by atoms with Gasteiger partial charge in [-0.3, -0.25) is 0 Å². The van der Waals surface area contributed by atoms with Crippen LogP contribution in [0.2, 0.25) is 0 Å². The molecule has 84 valence electrons. The van der Waals surface area contributed by atoms with Crippen molar-refractivity contribution in [1.29, 1.82) is 0 Å². The Morgan fingerprint density at radius 1 is 1.57 bits per heavy atom. The van der Waals surface area contributed by atoms with Gasteiger partial charge in [0.2, 0.25) is 0 Å². The van der Waals surface area contributed by atoms with Crippen LogP contribution in [0.15, 0.2) is 0 Å². The van der Waals surface area contributed by atoms with E-state index in [1.165, 1.54) is 4.90 Å². The SMILES string of the molecule is CSC(C)CNC(=O)N(C)CC(C)O. The lowest BCUT2D eigenvalue weighted by molar-refractivity contribution is 0.144. The molecular weight excluding hydrogens is 200 g/mol. The molecular formula is C9H20N2O2S. The molecule has 2 atom stereocenters. The Labute approximate surface area is 90.0 Å². The number of amides is 2. The molecule has 0 bridgehead atoms. The standard InChI is InChI=1S/C9H20N2O2S/c1-7(12)6-11(3)9(13)10-5-8(2)14-4/h7-8,12H,5-6H2,1-4H3,(H,10,13). The lowest BCUT2D eigenvalue weighted by Crippen LogP contribution is -2.42. The van der Waals surface area contributed by atoms with Crippen molar-refractivity contribution in [2.24, 2.45) is 0 Å². The maximum atomic E-state index is 11.4. The second-order valence-electron chi connectivity index (χ2n) is 3.46. The van der Waals surface area contributed by atoms with Gasteiger partial charge in [-0.05, 0) is 13.2 Å². The zero-order valence-corrected chi connectivity index (χ0v) is 10.1. The van der Waals surface area contributed by atoms with E-state index in [1.807, 2.05) is 6.26 Å². The minimum atomic E-state index is -0.483. The molecule has 0 heterocycles. The molecule has 0 aromatic heterocycles. The quantitative estimate of drug-likeness (QED) is 0.719. The number of rotatable bonds is 5. The summed E-state index contributed by atoms with van der Waals surface area (Å²) in [7, 11) is 1.67. The van der Waals surface area contributed by atoms with Crippen molar-refractivity contribution in [3.63, 3.8) is 0 Å². The zero-order chi connectivity index (χ0) is 11.1. The molecule has 2 N–H and O–H groups in total. The first kappa shape index (κ1) is 13.6. The number of thioether (sulfide) groups is 1. The summed E-state index contributed by atoms with van der Waals surface area (Å²) >= 11 is 1.71. The summed E-state index contributed by atoms with van der Waals surface area (Å²) in [6.45, 7) is 4.73. The normalized spacial score (nSPS) is 14.6. The smallest absolute Gasteiger partial charge is 0.317 e. The fourth-order valence-corrected chi connectivity index (χ4v) is 1.18. The van der Waals surface area contributed by atoms with Crippen molar-refractivity contribution >= 4 is 17.8 Å². The van der Waals surface area contributed by atoms with Gasteiger partial charge in [0.25, 0.3) is 0 Å². The summed E-state index contributed by atoms with van der Waals surface area (Å²) in [5.74, 6) is 0. The highest BCUT2D eigenvalue weighted by Crippen LogP contribution is 2.02. The molecule has 0 aliphatic heterocycles. The molecule has 0 radical (unpaired) electrons. The van der Waals surface area contributed by atoms with Gasteiger partial charge in [0, 0.05) is 25.4 Å². The summed E-state index contributed by atoms with van der Waals surface area (Å²) < 4.78 is 0. The second-order valence-corrected chi connectivity index (χ2v) is 4.74. The van der Waals surface area contributed by atoms with Gasteiger partial charge in [0.15, 0.2) is 0 Å². The van der Waals surface area contributed by atoms with E-state index >= 15 is 0 Å². The number of hydrogen-bond donors (Lipinski definition) is 2. The summed E-state index contributed by atoms with van der Waals surface area (Å²) in [6, 6.07) is -0.133. The highest BCUT2D eigenvalue weighted by molar-refractivity contribution is 7.99. The van der Waals surface area contributed by atoms with E-state index < -0.39 is 6.10 Å². The van der Waals surface area contributed by atoms with Crippen LogP contribution in [0.25, 0.3) is 0 Å². The van der Waals surface area contributed by atoms with Crippen LogP contribution in [0.3, 0.4) is 0 Å². The van der Waals surface area contributed by atoms with E-state index in [0.717, 1.165) is 0 Å². The van der Waals surface area contributed by atoms with Crippen LogP contribution >= 0.6 is 11.8 Å². The molecule has 4 nitrogen and oxygen atoms in total. The van der Waals surface area contributed by atoms with Crippen LogP contribution in [0.4, 0.5) is 4.79 Å². The lowest BCUT2D eigenvalue weighted by Gasteiger charge is -2.20. The number of aliphatic hydroxyl groups is 1. The average molecular weight is 220 g/mol. The van der Waals surface area contributed by atoms with Gasteiger partial charge in [-0.25, -0.2) is 4.79 Å². The van der Waals surface area contributed by atoms with E-state index in [-0.39, 0.29) is 6.03 Å². The monoisotopic (exact) mass is 220 g/mol. The van der Waals surface area contributed by atoms with Gasteiger partial charge >= 0.3 is 6.03 Å². The summed E-state index contributed by atoms with van der Waals surface area (Å²) in [5.41, 5.74) is 0. The Hall–Kier alpha value is -0.420. The topological polar surface area (TPSA) is 52.6 Å². The van der Waals surface area contributed by atoms with Crippen LogP contribution in [0.5, 0.6) is 0 Å². The number of nitrogens with one attached hydrogen (secondary N) is 1. The summed E-state index contributed by atoms with van der Waals surface area (Å²) in [5, 5.41) is 12.3. The molecule has 0 aliphatic carbocycles. The van der Waals surface area contributed by atoms with E-state index in [4.69, 9.17) is 5.11 Å². The maximum absolute atomic E-state index is 11.4. The third-order valence-corrected chi connectivity index (χ3v) is 2.80. The van der Waals surface area contributed by atoms with Crippen molar-refractivity contribution < 1.29 is 9.90 Å². The van der Waals surface area contributed by atoms with Crippen molar-refractivity contribution in [3.8, 4) is 0 Å². The van der Waals surface area contributed by atoms with Crippen LogP contribution in [0, 0.1) is 0 Å². The Morgan fingerprint density at radius 3 is 2.57 bits per heavy atom. The molecule has 0 fully saturated rings. The predicted molar refractivity (Wildman–Crippen MR) is 60.7 cm³/mol. The maximum Gasteiger partial charge on any atom is 0.317 e. The van der Waals surface area contributed by atoms with Crippen LogP contribution in [-0.4, -0.2) is 53.8 Å². The number of likely N-dealkylation sites (N-methyl/N-ethyl adjacent to an activating group) is 1. The minimum Gasteiger partial charge on any atom is -0.392 e. The van der Waals surface area contributed by atoms with E-state index in [1.54, 1.807) is 25.7 Å². The van der Waals surface area contributed by atoms with Crippen molar-refractivity contribution in [3.05, 3.63) is 0 Å². The van der Waals surface area contributed by atoms with Gasteiger partial charge in [-0.2, -0.15) is 11.8 Å². The summed E-state index contributed by atoms with van der Waals surface area (Å²) in [6.07, 6.45) is 1.53. The van der Waals surface area contributed by atoms with E-state index in [9.17, 15) is 4.79 Å². The van der Waals surface area contributed by atoms with E-state index in [2.05, 4.69) is 12.2 Å². The number of hydrogen-bond acceptors (Lipinski definition) is 3. The van der Waals surface area contributed by atoms with Crippen LogP contribution in [-0.2, 0) is 0 Å². The molecule has 0 aliphatic rings. The Balaban J connectivity index is 3.73. The van der Waals surface area contributed by atoms with Gasteiger partial charge < -0.3 is 15.3 Å². The number of aliphatic hydroxyl groups excluding tert-OH is 1. The molecule has 14 heavy (non-hydrogen) atoms. The third-order valence-electron chi connectivity index (χ3n) is 1.83. The molecule has 0 rings (SSSR count). The van der Waals surface area contributed by atoms with Crippen LogP contribution < -0.4 is 5.32 Å². The highest BCUT2D eigenvalue weighted by atomic mass is 32.2. The second kappa shape index (κ2) is 6.95. The highest BCUT2D eigenvalue weighted by Gasteiger charge is 2.10. The first-order valence-electron chi connectivity index (χ1n) is 4.67. The molecule has 0 aromatic carbocycles. The van der Waals surface area contributed by atoms with Gasteiger partial charge in [0.1, 0.15) is 0 Å². The predicted octanol–water partition coefficient (Wildman–Crippen LogP) is 0.760. The molecule has 0 saturated heterocycles. The first-order valence-corrected chi connectivity index (χ1v) is 5.96. The van der Waals surface area contributed by atoms with Crippen molar-refractivity contribution in [2.45, 2.75) is 25.2 Å². The van der Waals surface area contributed by atoms with Gasteiger partial charge in [-0.15, -0.1) is 0 Å². The average Bonchev–Trinajstić information content (AvgIpc) is 2.12. The minimum absolute atomic E-state index is 0.133. The first-order chi connectivity index (χ1) is 6.47. The van der Waals surface area contributed by atoms with Gasteiger partial charge in [-0.1, -0.05) is 6.92 Å². The molecule has 0 saturated carbocycles. The molecule has 5 heteroatoms. The fourth-order valence-electron chi connectivity index (χ4n) is 0.929. The molecule has 0 aromatic rings. The van der Waals surface area contributed by atoms with Crippen molar-refractivity contribution in [1.82, 2.24) is 10.2 Å². The largest absolute Gasteiger partial charge is 0.392 e. The molecule has 0 spiro atoms. The number of nitrogens with zero attached hydrogens (tertiary/aromatic N) is 1. The van der Waals surface area contributed by atoms with E-state index in [0.29, 0.717) is 18.3 Å². The Morgan fingerprint density at radius 2 is 2.14 bits per heavy atom. The van der Waals surface area contributed by atoms with Crippen molar-refractivity contribution in [2.75, 3.05) is 26.4 Å². The summed E-state index contributed by atoms with van der Waals surface area (Å²) in [4.78, 5) is 12.9. The van der Waals surface area contributed by atoms with Crippen LogP contribution in [0.1, 0.15) is 13.8 Å². The molecule has 2 amide bonds.